The minimum absolute atomic E-state index is 0.906. The Labute approximate surface area is 108 Å². The third-order valence-electron chi connectivity index (χ3n) is 3.22. The Hall–Kier alpha value is -1.61. The number of piperidine rings is 1. The monoisotopic (exact) mass is 245 g/mol. The lowest BCUT2D eigenvalue weighted by Gasteiger charge is -2.26. The van der Waals surface area contributed by atoms with Gasteiger partial charge < -0.3 is 5.11 Å². The van der Waals surface area contributed by atoms with Crippen LogP contribution in [-0.2, 0) is 11.3 Å². The van der Waals surface area contributed by atoms with E-state index in [4.69, 9.17) is 5.11 Å². The van der Waals surface area contributed by atoms with Gasteiger partial charge >= 0.3 is 5.97 Å². The molecule has 0 aliphatic carbocycles. The summed E-state index contributed by atoms with van der Waals surface area (Å²) in [6, 6.07) is 8.08. The largest absolute Gasteiger partial charge is 0.478 e. The summed E-state index contributed by atoms with van der Waals surface area (Å²) in [6.07, 6.45) is 6.75. The number of aliphatic carboxylic acids is 1. The first-order chi connectivity index (χ1) is 8.74. The van der Waals surface area contributed by atoms with E-state index in [1.54, 1.807) is 6.08 Å². The Morgan fingerprint density at radius 3 is 2.78 bits per heavy atom. The predicted octanol–water partition coefficient (Wildman–Crippen LogP) is 2.77. The molecule has 0 radical (unpaired) electrons. The molecule has 1 aromatic carbocycles. The van der Waals surface area contributed by atoms with Crippen molar-refractivity contribution in [1.29, 1.82) is 0 Å². The fourth-order valence-corrected chi connectivity index (χ4v) is 2.34. The summed E-state index contributed by atoms with van der Waals surface area (Å²) in [5.41, 5.74) is 2.20. The molecule has 1 saturated heterocycles. The number of carbonyl (C=O) groups is 1. The van der Waals surface area contributed by atoms with Crippen molar-refractivity contribution in [1.82, 2.24) is 4.90 Å². The molecule has 3 nitrogen and oxygen atoms in total. The standard InChI is InChI=1S/C15H19NO2/c17-15(18)8-7-13-5-4-6-14(11-13)12-16-9-2-1-3-10-16/h4-8,11H,1-3,9-10,12H2,(H,17,18). The van der Waals surface area contributed by atoms with Crippen LogP contribution in [0.2, 0.25) is 0 Å². The van der Waals surface area contributed by atoms with Crippen molar-refractivity contribution >= 4 is 12.0 Å². The van der Waals surface area contributed by atoms with Gasteiger partial charge in [0.15, 0.2) is 0 Å². The molecule has 0 saturated carbocycles. The van der Waals surface area contributed by atoms with Crippen molar-refractivity contribution in [2.24, 2.45) is 0 Å². The SMILES string of the molecule is O=C(O)C=Cc1cccc(CN2CCCCC2)c1. The van der Waals surface area contributed by atoms with Crippen LogP contribution in [0.25, 0.3) is 6.08 Å². The third-order valence-corrected chi connectivity index (χ3v) is 3.22. The van der Waals surface area contributed by atoms with E-state index < -0.39 is 5.97 Å². The van der Waals surface area contributed by atoms with E-state index in [0.717, 1.165) is 12.1 Å². The normalized spacial score (nSPS) is 17.1. The van der Waals surface area contributed by atoms with Gasteiger partial charge in [-0.2, -0.15) is 0 Å². The first-order valence-corrected chi connectivity index (χ1v) is 6.46. The fourth-order valence-electron chi connectivity index (χ4n) is 2.34. The fraction of sp³-hybridized carbons (Fsp3) is 0.400. The number of rotatable bonds is 4. The van der Waals surface area contributed by atoms with Gasteiger partial charge in [0, 0.05) is 12.6 Å². The Balaban J connectivity index is 2.00. The summed E-state index contributed by atoms with van der Waals surface area (Å²) in [7, 11) is 0. The van der Waals surface area contributed by atoms with E-state index >= 15 is 0 Å². The lowest BCUT2D eigenvalue weighted by atomic mass is 10.1. The number of benzene rings is 1. The van der Waals surface area contributed by atoms with Crippen molar-refractivity contribution in [2.75, 3.05) is 13.1 Å². The van der Waals surface area contributed by atoms with Crippen LogP contribution in [0.15, 0.2) is 30.3 Å². The zero-order chi connectivity index (χ0) is 12.8. The highest BCUT2D eigenvalue weighted by atomic mass is 16.4. The zero-order valence-electron chi connectivity index (χ0n) is 10.5. The van der Waals surface area contributed by atoms with Gasteiger partial charge in [-0.1, -0.05) is 30.7 Å². The van der Waals surface area contributed by atoms with Gasteiger partial charge in [-0.3, -0.25) is 4.90 Å². The summed E-state index contributed by atoms with van der Waals surface area (Å²) < 4.78 is 0. The van der Waals surface area contributed by atoms with Crippen LogP contribution in [0.5, 0.6) is 0 Å². The number of carboxylic acids is 1. The molecular formula is C15H19NO2. The van der Waals surface area contributed by atoms with Gasteiger partial charge in [-0.25, -0.2) is 4.79 Å². The number of carboxylic acid groups (broad SMARTS) is 1. The zero-order valence-corrected chi connectivity index (χ0v) is 10.5. The van der Waals surface area contributed by atoms with Crippen molar-refractivity contribution in [3.63, 3.8) is 0 Å². The summed E-state index contributed by atoms with van der Waals surface area (Å²) in [5, 5.41) is 8.61. The topological polar surface area (TPSA) is 40.5 Å². The van der Waals surface area contributed by atoms with E-state index in [1.807, 2.05) is 12.1 Å². The van der Waals surface area contributed by atoms with Crippen LogP contribution in [0, 0.1) is 0 Å². The van der Waals surface area contributed by atoms with Crippen LogP contribution < -0.4 is 0 Å². The number of likely N-dealkylation sites (tertiary alicyclic amines) is 1. The molecule has 3 heteroatoms. The summed E-state index contributed by atoms with van der Waals surface area (Å²) in [6.45, 7) is 3.32. The summed E-state index contributed by atoms with van der Waals surface area (Å²) >= 11 is 0. The summed E-state index contributed by atoms with van der Waals surface area (Å²) in [4.78, 5) is 12.9. The molecule has 0 aromatic heterocycles. The molecule has 1 aromatic rings. The minimum Gasteiger partial charge on any atom is -0.478 e. The molecule has 1 aliphatic heterocycles. The molecule has 0 bridgehead atoms. The Morgan fingerprint density at radius 1 is 1.28 bits per heavy atom. The maximum absolute atomic E-state index is 10.5. The van der Waals surface area contributed by atoms with E-state index in [2.05, 4.69) is 17.0 Å². The summed E-state index contributed by atoms with van der Waals surface area (Å²) in [5.74, 6) is -0.906. The maximum atomic E-state index is 10.5. The molecule has 96 valence electrons. The van der Waals surface area contributed by atoms with E-state index in [-0.39, 0.29) is 0 Å². The van der Waals surface area contributed by atoms with Crippen LogP contribution in [0.4, 0.5) is 0 Å². The number of nitrogens with zero attached hydrogens (tertiary/aromatic N) is 1. The first kappa shape index (κ1) is 12.8. The molecule has 0 spiro atoms. The highest BCUT2D eigenvalue weighted by Crippen LogP contribution is 2.14. The maximum Gasteiger partial charge on any atom is 0.328 e. The average Bonchev–Trinajstić information content (AvgIpc) is 2.38. The quantitative estimate of drug-likeness (QED) is 0.829. The predicted molar refractivity (Wildman–Crippen MR) is 72.2 cm³/mol. The lowest BCUT2D eigenvalue weighted by molar-refractivity contribution is -0.131. The van der Waals surface area contributed by atoms with Crippen LogP contribution in [0.3, 0.4) is 0 Å². The molecular weight excluding hydrogens is 226 g/mol. The highest BCUT2D eigenvalue weighted by molar-refractivity contribution is 5.85. The van der Waals surface area contributed by atoms with Gasteiger partial charge in [0.25, 0.3) is 0 Å². The molecule has 18 heavy (non-hydrogen) atoms. The van der Waals surface area contributed by atoms with Gasteiger partial charge in [0.2, 0.25) is 0 Å². The number of hydrogen-bond acceptors (Lipinski definition) is 2. The van der Waals surface area contributed by atoms with Gasteiger partial charge in [0.05, 0.1) is 0 Å². The minimum atomic E-state index is -0.906. The Kier molecular flexibility index (Phi) is 4.53. The van der Waals surface area contributed by atoms with Crippen LogP contribution in [-0.4, -0.2) is 29.1 Å². The van der Waals surface area contributed by atoms with Crippen molar-refractivity contribution in [3.8, 4) is 0 Å². The van der Waals surface area contributed by atoms with Gasteiger partial charge in [-0.15, -0.1) is 0 Å². The van der Waals surface area contributed by atoms with Gasteiger partial charge in [0.1, 0.15) is 0 Å². The number of hydrogen-bond donors (Lipinski definition) is 1. The second-order valence-electron chi connectivity index (χ2n) is 4.75. The van der Waals surface area contributed by atoms with Crippen LogP contribution in [0.1, 0.15) is 30.4 Å². The Bertz CT molecular complexity index is 434. The molecule has 0 atom stereocenters. The van der Waals surface area contributed by atoms with Crippen molar-refractivity contribution in [3.05, 3.63) is 41.5 Å². The molecule has 1 aliphatic rings. The van der Waals surface area contributed by atoms with Crippen molar-refractivity contribution < 1.29 is 9.90 Å². The second kappa shape index (κ2) is 6.36. The van der Waals surface area contributed by atoms with E-state index in [0.29, 0.717) is 0 Å². The molecule has 1 N–H and O–H groups in total. The lowest BCUT2D eigenvalue weighted by Crippen LogP contribution is -2.29. The second-order valence-corrected chi connectivity index (χ2v) is 4.75. The van der Waals surface area contributed by atoms with Gasteiger partial charge in [-0.05, 0) is 43.1 Å². The van der Waals surface area contributed by atoms with Crippen LogP contribution >= 0.6 is 0 Å². The molecule has 1 fully saturated rings. The molecule has 2 rings (SSSR count). The average molecular weight is 245 g/mol. The molecule has 1 heterocycles. The smallest absolute Gasteiger partial charge is 0.328 e. The molecule has 0 unspecified atom stereocenters. The van der Waals surface area contributed by atoms with E-state index in [9.17, 15) is 4.79 Å². The first-order valence-electron chi connectivity index (χ1n) is 6.46. The van der Waals surface area contributed by atoms with E-state index in [1.165, 1.54) is 44.0 Å². The third kappa shape index (κ3) is 4.00. The van der Waals surface area contributed by atoms with Crippen molar-refractivity contribution in [2.45, 2.75) is 25.8 Å². The molecule has 0 amide bonds. The highest BCUT2D eigenvalue weighted by Gasteiger charge is 2.10. The Morgan fingerprint density at radius 2 is 2.06 bits per heavy atom.